The second kappa shape index (κ2) is 9.32. The highest BCUT2D eigenvalue weighted by Gasteiger charge is 2.32. The molecule has 1 atom stereocenters. The van der Waals surface area contributed by atoms with Crippen molar-refractivity contribution >= 4 is 23.4 Å². The van der Waals surface area contributed by atoms with Crippen LogP contribution in [0.3, 0.4) is 0 Å². The van der Waals surface area contributed by atoms with E-state index in [2.05, 4.69) is 4.98 Å². The van der Waals surface area contributed by atoms with Gasteiger partial charge in [0.25, 0.3) is 5.91 Å². The molecule has 0 aliphatic carbocycles. The monoisotopic (exact) mass is 460 g/mol. The Balaban J connectivity index is 1.37. The number of benzene rings is 2. The summed E-state index contributed by atoms with van der Waals surface area (Å²) in [4.78, 5) is 38.4. The van der Waals surface area contributed by atoms with Gasteiger partial charge in [-0.1, -0.05) is 35.9 Å². The lowest BCUT2D eigenvalue weighted by molar-refractivity contribution is -0.128. The Kier molecular flexibility index (Phi) is 6.09. The molecule has 0 radical (unpaired) electrons. The van der Waals surface area contributed by atoms with Crippen molar-refractivity contribution in [3.8, 4) is 11.4 Å². The number of carbonyl (C=O) groups is 2. The van der Waals surface area contributed by atoms with Crippen LogP contribution < -0.4 is 0 Å². The molecule has 2 fully saturated rings. The van der Waals surface area contributed by atoms with Crippen LogP contribution in [0.2, 0.25) is 5.02 Å². The Hall–Kier alpha value is -3.25. The highest BCUT2D eigenvalue weighted by Crippen LogP contribution is 2.33. The van der Waals surface area contributed by atoms with Crippen LogP contribution in [-0.4, -0.2) is 44.7 Å². The molecule has 7 heteroatoms. The molecule has 33 heavy (non-hydrogen) atoms. The van der Waals surface area contributed by atoms with Gasteiger partial charge in [-0.25, -0.2) is 9.97 Å². The summed E-state index contributed by atoms with van der Waals surface area (Å²) < 4.78 is 0. The molecule has 0 unspecified atom stereocenters. The van der Waals surface area contributed by atoms with Crippen LogP contribution in [0.4, 0.5) is 0 Å². The van der Waals surface area contributed by atoms with E-state index in [1.165, 1.54) is 0 Å². The van der Waals surface area contributed by atoms with E-state index in [0.717, 1.165) is 42.6 Å². The highest BCUT2D eigenvalue weighted by molar-refractivity contribution is 6.30. The fraction of sp³-hybridized carbons (Fsp3) is 0.308. The zero-order chi connectivity index (χ0) is 22.8. The summed E-state index contributed by atoms with van der Waals surface area (Å²) >= 11 is 6.14. The molecule has 0 N–H and O–H groups in total. The van der Waals surface area contributed by atoms with Crippen molar-refractivity contribution in [2.45, 2.75) is 38.3 Å². The largest absolute Gasteiger partial charge is 0.338 e. The van der Waals surface area contributed by atoms with Gasteiger partial charge in [0, 0.05) is 48.4 Å². The lowest BCUT2D eigenvalue weighted by Crippen LogP contribution is -2.31. The summed E-state index contributed by atoms with van der Waals surface area (Å²) in [6, 6.07) is 16.9. The summed E-state index contributed by atoms with van der Waals surface area (Å²) in [6.07, 6.45) is 5.05. The van der Waals surface area contributed by atoms with E-state index in [4.69, 9.17) is 16.6 Å². The van der Waals surface area contributed by atoms with Gasteiger partial charge in [0.15, 0.2) is 5.82 Å². The molecule has 1 aromatic heterocycles. The lowest BCUT2D eigenvalue weighted by atomic mass is 10.1. The van der Waals surface area contributed by atoms with E-state index >= 15 is 0 Å². The van der Waals surface area contributed by atoms with E-state index in [1.54, 1.807) is 6.20 Å². The van der Waals surface area contributed by atoms with Crippen molar-refractivity contribution in [2.24, 2.45) is 0 Å². The van der Waals surface area contributed by atoms with Gasteiger partial charge < -0.3 is 9.80 Å². The third kappa shape index (κ3) is 4.62. The summed E-state index contributed by atoms with van der Waals surface area (Å²) in [5, 5.41) is 0.634. The molecule has 2 aliphatic heterocycles. The van der Waals surface area contributed by atoms with Crippen LogP contribution in [-0.2, 0) is 11.3 Å². The Morgan fingerprint density at radius 3 is 2.76 bits per heavy atom. The quantitative estimate of drug-likeness (QED) is 0.543. The van der Waals surface area contributed by atoms with E-state index in [9.17, 15) is 9.59 Å². The predicted molar refractivity (Wildman–Crippen MR) is 127 cm³/mol. The first-order valence-corrected chi connectivity index (χ1v) is 11.7. The Morgan fingerprint density at radius 2 is 1.94 bits per heavy atom. The van der Waals surface area contributed by atoms with E-state index in [0.29, 0.717) is 35.9 Å². The van der Waals surface area contributed by atoms with Crippen molar-refractivity contribution in [1.29, 1.82) is 0 Å². The van der Waals surface area contributed by atoms with Crippen molar-refractivity contribution in [1.82, 2.24) is 19.8 Å². The minimum atomic E-state index is -0.0951. The summed E-state index contributed by atoms with van der Waals surface area (Å²) in [5.74, 6) is 0.784. The molecule has 6 nitrogen and oxygen atoms in total. The van der Waals surface area contributed by atoms with Crippen LogP contribution in [0.1, 0.15) is 53.3 Å². The van der Waals surface area contributed by atoms with Crippen LogP contribution in [0.25, 0.3) is 11.4 Å². The summed E-state index contributed by atoms with van der Waals surface area (Å²) in [6.45, 7) is 2.03. The number of halogens is 1. The first kappa shape index (κ1) is 21.6. The number of likely N-dealkylation sites (tertiary alicyclic amines) is 2. The molecular formula is C26H25ClN4O2. The number of aromatic nitrogens is 2. The van der Waals surface area contributed by atoms with E-state index in [-0.39, 0.29) is 17.9 Å². The summed E-state index contributed by atoms with van der Waals surface area (Å²) in [7, 11) is 0. The van der Waals surface area contributed by atoms with Gasteiger partial charge in [-0.15, -0.1) is 0 Å². The Bertz CT molecular complexity index is 1200. The van der Waals surface area contributed by atoms with Crippen molar-refractivity contribution in [3.05, 3.63) is 82.6 Å². The van der Waals surface area contributed by atoms with Gasteiger partial charge in [0.05, 0.1) is 11.7 Å². The number of rotatable bonds is 5. The molecular weight excluding hydrogens is 436 g/mol. The zero-order valence-electron chi connectivity index (χ0n) is 18.3. The maximum Gasteiger partial charge on any atom is 0.254 e. The van der Waals surface area contributed by atoms with Crippen molar-refractivity contribution in [2.75, 3.05) is 13.1 Å². The minimum Gasteiger partial charge on any atom is -0.338 e. The van der Waals surface area contributed by atoms with Gasteiger partial charge >= 0.3 is 0 Å². The zero-order valence-corrected chi connectivity index (χ0v) is 19.0. The third-order valence-electron chi connectivity index (χ3n) is 6.33. The maximum absolute atomic E-state index is 13.5. The normalized spacial score (nSPS) is 18.2. The number of hydrogen-bond donors (Lipinski definition) is 0. The highest BCUT2D eigenvalue weighted by atomic mass is 35.5. The number of amides is 2. The Labute approximate surface area is 198 Å². The topological polar surface area (TPSA) is 66.4 Å². The molecule has 168 valence electrons. The molecule has 3 aromatic rings. The first-order valence-electron chi connectivity index (χ1n) is 11.3. The molecule has 2 aliphatic rings. The van der Waals surface area contributed by atoms with Gasteiger partial charge in [0.2, 0.25) is 5.91 Å². The SMILES string of the molecule is O=C1CCCN1Cc1cccc(C(=O)N2CCC[C@H]2c2ccnc(-c3cccc(Cl)c3)n2)c1. The molecule has 5 rings (SSSR count). The molecule has 0 saturated carbocycles. The molecule has 2 amide bonds. The first-order chi connectivity index (χ1) is 16.1. The van der Waals surface area contributed by atoms with Gasteiger partial charge in [-0.3, -0.25) is 9.59 Å². The van der Waals surface area contributed by atoms with Gasteiger partial charge in [0.1, 0.15) is 0 Å². The Morgan fingerprint density at radius 1 is 1.06 bits per heavy atom. The smallest absolute Gasteiger partial charge is 0.254 e. The summed E-state index contributed by atoms with van der Waals surface area (Å²) in [5.41, 5.74) is 3.32. The van der Waals surface area contributed by atoms with Gasteiger partial charge in [-0.2, -0.15) is 0 Å². The van der Waals surface area contributed by atoms with E-state index in [1.807, 2.05) is 64.4 Å². The van der Waals surface area contributed by atoms with Crippen LogP contribution >= 0.6 is 11.6 Å². The predicted octanol–water partition coefficient (Wildman–Crippen LogP) is 4.90. The van der Waals surface area contributed by atoms with Crippen molar-refractivity contribution in [3.63, 3.8) is 0 Å². The second-order valence-electron chi connectivity index (χ2n) is 8.59. The molecule has 0 bridgehead atoms. The van der Waals surface area contributed by atoms with Crippen LogP contribution in [0.15, 0.2) is 60.8 Å². The van der Waals surface area contributed by atoms with Gasteiger partial charge in [-0.05, 0) is 55.2 Å². The standard InChI is InChI=1S/C26H25ClN4O2/c27-21-8-2-6-19(16-21)25-28-12-11-22(29-25)23-9-3-14-31(23)26(33)20-7-1-5-18(15-20)17-30-13-4-10-24(30)32/h1-2,5-8,11-12,15-16,23H,3-4,9-10,13-14,17H2/t23-/m0/s1. The second-order valence-corrected chi connectivity index (χ2v) is 9.03. The molecule has 0 spiro atoms. The van der Waals surface area contributed by atoms with Crippen LogP contribution in [0.5, 0.6) is 0 Å². The fourth-order valence-corrected chi connectivity index (χ4v) is 4.89. The molecule has 3 heterocycles. The maximum atomic E-state index is 13.5. The lowest BCUT2D eigenvalue weighted by Gasteiger charge is -2.25. The number of carbonyl (C=O) groups excluding carboxylic acids is 2. The fourth-order valence-electron chi connectivity index (χ4n) is 4.70. The third-order valence-corrected chi connectivity index (χ3v) is 6.57. The average molecular weight is 461 g/mol. The molecule has 2 saturated heterocycles. The molecule has 2 aromatic carbocycles. The number of hydrogen-bond acceptors (Lipinski definition) is 4. The van der Waals surface area contributed by atoms with Crippen LogP contribution in [0, 0.1) is 0 Å². The van der Waals surface area contributed by atoms with E-state index < -0.39 is 0 Å². The number of nitrogens with zero attached hydrogens (tertiary/aromatic N) is 4. The average Bonchev–Trinajstić information content (AvgIpc) is 3.48. The van der Waals surface area contributed by atoms with Crippen molar-refractivity contribution < 1.29 is 9.59 Å². The minimum absolute atomic E-state index is 0.00461.